The van der Waals surface area contributed by atoms with E-state index in [4.69, 9.17) is 19.2 Å². The molecule has 1 fully saturated rings. The van der Waals surface area contributed by atoms with Gasteiger partial charge in [-0.2, -0.15) is 0 Å². The largest absolute Gasteiger partial charge is 0.493 e. The minimum absolute atomic E-state index is 0.761. The van der Waals surface area contributed by atoms with Gasteiger partial charge in [-0.15, -0.1) is 0 Å². The fourth-order valence-corrected chi connectivity index (χ4v) is 3.37. The second kappa shape index (κ2) is 13.3. The van der Waals surface area contributed by atoms with E-state index in [1.54, 1.807) is 14.2 Å². The van der Waals surface area contributed by atoms with E-state index < -0.39 is 0 Å². The first-order valence-corrected chi connectivity index (χ1v) is 10.7. The summed E-state index contributed by atoms with van der Waals surface area (Å²) < 4.78 is 16.1. The lowest BCUT2D eigenvalue weighted by molar-refractivity contribution is 0.0373. The first-order valence-electron chi connectivity index (χ1n) is 10.7. The normalized spacial score (nSPS) is 15.2. The summed E-state index contributed by atoms with van der Waals surface area (Å²) >= 11 is 0. The van der Waals surface area contributed by atoms with Crippen LogP contribution in [0.2, 0.25) is 0 Å². The van der Waals surface area contributed by atoms with Crippen LogP contribution < -0.4 is 14.8 Å². The number of unbranched alkanes of at least 4 members (excludes halogenated alkanes) is 1. The van der Waals surface area contributed by atoms with E-state index in [9.17, 15) is 0 Å². The predicted molar refractivity (Wildman–Crippen MR) is 118 cm³/mol. The van der Waals surface area contributed by atoms with Gasteiger partial charge in [0.25, 0.3) is 0 Å². The summed E-state index contributed by atoms with van der Waals surface area (Å²) in [6, 6.07) is 6.09. The van der Waals surface area contributed by atoms with Crippen molar-refractivity contribution in [3.05, 3.63) is 23.8 Å². The molecule has 29 heavy (non-hydrogen) atoms. The molecule has 1 aliphatic rings. The van der Waals surface area contributed by atoms with Crippen LogP contribution in [-0.4, -0.2) is 89.5 Å². The third-order valence-electron chi connectivity index (χ3n) is 5.13. The fraction of sp³-hybridized carbons (Fsp3) is 0.682. The van der Waals surface area contributed by atoms with Crippen LogP contribution in [0.4, 0.5) is 0 Å². The lowest BCUT2D eigenvalue weighted by atomic mass is 10.1. The van der Waals surface area contributed by atoms with Gasteiger partial charge in [0.15, 0.2) is 17.5 Å². The van der Waals surface area contributed by atoms with Gasteiger partial charge in [-0.05, 0) is 50.4 Å². The summed E-state index contributed by atoms with van der Waals surface area (Å²) in [6.07, 6.45) is 3.20. The highest BCUT2D eigenvalue weighted by molar-refractivity contribution is 5.79. The van der Waals surface area contributed by atoms with Gasteiger partial charge in [-0.3, -0.25) is 9.89 Å². The van der Waals surface area contributed by atoms with Crippen molar-refractivity contribution >= 4 is 5.96 Å². The van der Waals surface area contributed by atoms with Gasteiger partial charge in [-0.1, -0.05) is 6.07 Å². The van der Waals surface area contributed by atoms with Crippen LogP contribution in [0.1, 0.15) is 25.3 Å². The van der Waals surface area contributed by atoms with Crippen LogP contribution in [0.3, 0.4) is 0 Å². The highest BCUT2D eigenvalue weighted by Gasteiger charge is 2.10. The number of ether oxygens (including phenoxy) is 3. The molecule has 0 bridgehead atoms. The molecule has 7 nitrogen and oxygen atoms in total. The molecule has 1 heterocycles. The smallest absolute Gasteiger partial charge is 0.193 e. The minimum atomic E-state index is 0.761. The Morgan fingerprint density at radius 2 is 1.93 bits per heavy atom. The highest BCUT2D eigenvalue weighted by atomic mass is 16.5. The molecule has 0 saturated carbocycles. The van der Waals surface area contributed by atoms with Gasteiger partial charge in [0.2, 0.25) is 0 Å². The molecule has 0 amide bonds. The number of aliphatic imine (C=N–C) groups is 1. The summed E-state index contributed by atoms with van der Waals surface area (Å²) in [5, 5.41) is 3.40. The lowest BCUT2D eigenvalue weighted by Gasteiger charge is -2.26. The average Bonchev–Trinajstić information content (AvgIpc) is 2.76. The molecule has 7 heteroatoms. The number of likely N-dealkylation sites (N-methyl/N-ethyl adjacent to an activating group) is 1. The first-order chi connectivity index (χ1) is 14.2. The molecule has 0 aliphatic carbocycles. The molecule has 0 unspecified atom stereocenters. The van der Waals surface area contributed by atoms with Crippen molar-refractivity contribution in [3.8, 4) is 11.5 Å². The second-order valence-corrected chi connectivity index (χ2v) is 7.26. The molecular weight excluding hydrogens is 368 g/mol. The van der Waals surface area contributed by atoms with Crippen molar-refractivity contribution in [2.75, 3.05) is 73.7 Å². The number of benzene rings is 1. The number of hydrogen-bond donors (Lipinski definition) is 1. The number of morpholine rings is 1. The van der Waals surface area contributed by atoms with Crippen LogP contribution in [0.5, 0.6) is 11.5 Å². The predicted octanol–water partition coefficient (Wildman–Crippen LogP) is 2.26. The number of hydrogen-bond acceptors (Lipinski definition) is 5. The second-order valence-electron chi connectivity index (χ2n) is 7.26. The maximum absolute atomic E-state index is 5.40. The van der Waals surface area contributed by atoms with Gasteiger partial charge < -0.3 is 24.4 Å². The number of nitrogens with zero attached hydrogens (tertiary/aromatic N) is 3. The Morgan fingerprint density at radius 1 is 1.17 bits per heavy atom. The van der Waals surface area contributed by atoms with Crippen molar-refractivity contribution in [2.45, 2.75) is 26.2 Å². The Kier molecular flexibility index (Phi) is 10.7. The van der Waals surface area contributed by atoms with E-state index in [0.717, 1.165) is 82.8 Å². The highest BCUT2D eigenvalue weighted by Crippen LogP contribution is 2.27. The third kappa shape index (κ3) is 8.11. The van der Waals surface area contributed by atoms with Crippen molar-refractivity contribution < 1.29 is 14.2 Å². The Labute approximate surface area is 176 Å². The molecule has 1 aromatic rings. The SMILES string of the molecule is CCNC(=NCCCCN1CCOCC1)N(C)CCc1ccc(OC)c(OC)c1. The van der Waals surface area contributed by atoms with Crippen LogP contribution in [0.25, 0.3) is 0 Å². The fourth-order valence-electron chi connectivity index (χ4n) is 3.37. The first kappa shape index (κ1) is 23.3. The van der Waals surface area contributed by atoms with E-state index in [0.29, 0.717) is 0 Å². The van der Waals surface area contributed by atoms with E-state index in [1.807, 2.05) is 12.1 Å². The number of rotatable bonds is 11. The van der Waals surface area contributed by atoms with Crippen molar-refractivity contribution in [1.82, 2.24) is 15.1 Å². The standard InChI is InChI=1S/C22H38N4O3/c1-5-23-22(24-11-6-7-12-26-14-16-29-17-15-26)25(2)13-10-19-8-9-20(27-3)21(18-19)28-4/h8-9,18H,5-7,10-17H2,1-4H3,(H,23,24). The molecule has 0 aromatic heterocycles. The van der Waals surface area contributed by atoms with Crippen LogP contribution in [0, 0.1) is 0 Å². The van der Waals surface area contributed by atoms with Crippen LogP contribution in [0.15, 0.2) is 23.2 Å². The summed E-state index contributed by atoms with van der Waals surface area (Å²) in [5.74, 6) is 2.50. The Bertz CT molecular complexity index is 618. The molecule has 0 radical (unpaired) electrons. The molecule has 2 rings (SSSR count). The van der Waals surface area contributed by atoms with E-state index >= 15 is 0 Å². The lowest BCUT2D eigenvalue weighted by Crippen LogP contribution is -2.40. The number of methoxy groups -OCH3 is 2. The summed E-state index contributed by atoms with van der Waals surface area (Å²) in [6.45, 7) is 9.72. The quantitative estimate of drug-likeness (QED) is 0.346. The van der Waals surface area contributed by atoms with Gasteiger partial charge in [0, 0.05) is 39.8 Å². The Hall–Kier alpha value is -1.99. The van der Waals surface area contributed by atoms with Crippen molar-refractivity contribution in [2.24, 2.45) is 4.99 Å². The van der Waals surface area contributed by atoms with Gasteiger partial charge in [-0.25, -0.2) is 0 Å². The van der Waals surface area contributed by atoms with Gasteiger partial charge in [0.05, 0.1) is 27.4 Å². The zero-order valence-corrected chi connectivity index (χ0v) is 18.6. The van der Waals surface area contributed by atoms with Gasteiger partial charge >= 0.3 is 0 Å². The van der Waals surface area contributed by atoms with Crippen molar-refractivity contribution in [3.63, 3.8) is 0 Å². The van der Waals surface area contributed by atoms with E-state index in [-0.39, 0.29) is 0 Å². The molecule has 0 atom stereocenters. The maximum atomic E-state index is 5.40. The average molecular weight is 407 g/mol. The Balaban J connectivity index is 1.78. The molecule has 1 N–H and O–H groups in total. The zero-order chi connectivity index (χ0) is 20.9. The Morgan fingerprint density at radius 3 is 2.62 bits per heavy atom. The van der Waals surface area contributed by atoms with Crippen LogP contribution in [-0.2, 0) is 11.2 Å². The molecule has 0 spiro atoms. The minimum Gasteiger partial charge on any atom is -0.493 e. The molecule has 1 aromatic carbocycles. The molecule has 1 saturated heterocycles. The van der Waals surface area contributed by atoms with E-state index in [1.165, 1.54) is 12.0 Å². The number of nitrogens with one attached hydrogen (secondary N) is 1. The van der Waals surface area contributed by atoms with Crippen molar-refractivity contribution in [1.29, 1.82) is 0 Å². The summed E-state index contributed by atoms with van der Waals surface area (Å²) in [7, 11) is 5.42. The summed E-state index contributed by atoms with van der Waals surface area (Å²) in [4.78, 5) is 9.49. The molecule has 1 aliphatic heterocycles. The topological polar surface area (TPSA) is 58.6 Å². The number of guanidine groups is 1. The van der Waals surface area contributed by atoms with E-state index in [2.05, 4.69) is 35.2 Å². The van der Waals surface area contributed by atoms with Gasteiger partial charge in [0.1, 0.15) is 0 Å². The molecular formula is C22H38N4O3. The maximum Gasteiger partial charge on any atom is 0.193 e. The summed E-state index contributed by atoms with van der Waals surface area (Å²) in [5.41, 5.74) is 1.22. The monoisotopic (exact) mass is 406 g/mol. The third-order valence-corrected chi connectivity index (χ3v) is 5.13. The molecule has 164 valence electrons. The zero-order valence-electron chi connectivity index (χ0n) is 18.6. The van der Waals surface area contributed by atoms with Crippen LogP contribution >= 0.6 is 0 Å².